The summed E-state index contributed by atoms with van der Waals surface area (Å²) < 4.78 is 12.8. The third kappa shape index (κ3) is 2.24. The maximum atomic E-state index is 12.8. The molecule has 2 atom stereocenters. The monoisotopic (exact) mass is 336 g/mol. The molecule has 6 heteroatoms. The molecule has 1 N–H and O–H groups in total. The third-order valence-electron chi connectivity index (χ3n) is 4.61. The number of rotatable bonds is 1. The van der Waals surface area contributed by atoms with E-state index in [-0.39, 0.29) is 5.56 Å². The van der Waals surface area contributed by atoms with Crippen LogP contribution in [0.25, 0.3) is 11.0 Å². The lowest BCUT2D eigenvalue weighted by molar-refractivity contribution is -0.0764. The molecule has 0 radical (unpaired) electrons. The number of fused-ring (bicyclic) bond motifs is 2. The summed E-state index contributed by atoms with van der Waals surface area (Å²) in [6.45, 7) is 3.50. The van der Waals surface area contributed by atoms with Gasteiger partial charge in [-0.25, -0.2) is 0 Å². The second-order valence-electron chi connectivity index (χ2n) is 6.68. The zero-order valence-corrected chi connectivity index (χ0v) is 13.8. The Morgan fingerprint density at radius 1 is 1.24 bits per heavy atom. The molecule has 0 spiro atoms. The van der Waals surface area contributed by atoms with E-state index in [2.05, 4.69) is 6.07 Å². The minimum Gasteiger partial charge on any atom is -0.485 e. The standard InChI is InChI=1S/C19H16N2O4/c1-19(2)17(22)16(13-9-11(10-20)7-8-14(13)24-19)21-18(23)12-5-3-4-6-15(12)25-21/h3-9,16-17,22H,1-2H3/t16-,17+/m1/s1. The molecule has 0 saturated heterocycles. The predicted octanol–water partition coefficient (Wildman–Crippen LogP) is 2.59. The molecule has 25 heavy (non-hydrogen) atoms. The van der Waals surface area contributed by atoms with Crippen LogP contribution in [0.5, 0.6) is 5.75 Å². The summed E-state index contributed by atoms with van der Waals surface area (Å²) >= 11 is 0. The van der Waals surface area contributed by atoms with E-state index in [0.717, 1.165) is 0 Å². The van der Waals surface area contributed by atoms with Gasteiger partial charge in [0.15, 0.2) is 5.58 Å². The first-order valence-corrected chi connectivity index (χ1v) is 7.94. The molecule has 1 aromatic heterocycles. The molecule has 4 rings (SSSR count). The summed E-state index contributed by atoms with van der Waals surface area (Å²) in [7, 11) is 0. The molecule has 0 unspecified atom stereocenters. The van der Waals surface area contributed by atoms with E-state index >= 15 is 0 Å². The van der Waals surface area contributed by atoms with Gasteiger partial charge in [-0.2, -0.15) is 10.0 Å². The maximum Gasteiger partial charge on any atom is 0.291 e. The highest BCUT2D eigenvalue weighted by Gasteiger charge is 2.45. The number of ether oxygens (including phenoxy) is 1. The molecular weight excluding hydrogens is 320 g/mol. The summed E-state index contributed by atoms with van der Waals surface area (Å²) in [5.41, 5.74) is 0.160. The fourth-order valence-electron chi connectivity index (χ4n) is 3.26. The van der Waals surface area contributed by atoms with Crippen LogP contribution in [-0.4, -0.2) is 21.6 Å². The molecule has 0 aliphatic carbocycles. The van der Waals surface area contributed by atoms with Crippen LogP contribution in [-0.2, 0) is 0 Å². The summed E-state index contributed by atoms with van der Waals surface area (Å²) in [5, 5.41) is 20.5. The highest BCUT2D eigenvalue weighted by molar-refractivity contribution is 5.75. The number of aliphatic hydroxyl groups is 1. The summed E-state index contributed by atoms with van der Waals surface area (Å²) in [6, 6.07) is 13.2. The molecule has 0 bridgehead atoms. The van der Waals surface area contributed by atoms with Crippen LogP contribution in [0.15, 0.2) is 51.8 Å². The Morgan fingerprint density at radius 3 is 2.72 bits per heavy atom. The number of nitriles is 1. The summed E-state index contributed by atoms with van der Waals surface area (Å²) in [6.07, 6.45) is -1.03. The number of aliphatic hydroxyl groups excluding tert-OH is 1. The molecule has 0 fully saturated rings. The van der Waals surface area contributed by atoms with Gasteiger partial charge in [0, 0.05) is 5.56 Å². The van der Waals surface area contributed by atoms with Crippen molar-refractivity contribution < 1.29 is 14.4 Å². The number of para-hydroxylation sites is 1. The van der Waals surface area contributed by atoms with Crippen LogP contribution in [0.1, 0.15) is 31.0 Å². The van der Waals surface area contributed by atoms with Gasteiger partial charge in [-0.15, -0.1) is 0 Å². The first kappa shape index (κ1) is 15.5. The third-order valence-corrected chi connectivity index (χ3v) is 4.61. The molecule has 126 valence electrons. The van der Waals surface area contributed by atoms with E-state index in [1.807, 2.05) is 0 Å². The lowest BCUT2D eigenvalue weighted by Crippen LogP contribution is -2.51. The lowest BCUT2D eigenvalue weighted by Gasteiger charge is -2.41. The average Bonchev–Trinajstić information content (AvgIpc) is 2.92. The molecule has 0 saturated carbocycles. The Bertz CT molecular complexity index is 1070. The Hall–Kier alpha value is -3.04. The first-order chi connectivity index (χ1) is 11.9. The first-order valence-electron chi connectivity index (χ1n) is 7.94. The fourth-order valence-corrected chi connectivity index (χ4v) is 3.26. The molecule has 3 aromatic rings. The molecule has 1 aliphatic heterocycles. The van der Waals surface area contributed by atoms with Crippen molar-refractivity contribution in [3.8, 4) is 11.8 Å². The highest BCUT2D eigenvalue weighted by Crippen LogP contribution is 2.42. The van der Waals surface area contributed by atoms with E-state index in [0.29, 0.717) is 27.8 Å². The van der Waals surface area contributed by atoms with Crippen molar-refractivity contribution in [2.45, 2.75) is 31.6 Å². The van der Waals surface area contributed by atoms with E-state index in [9.17, 15) is 15.2 Å². The maximum absolute atomic E-state index is 12.8. The lowest BCUT2D eigenvalue weighted by atomic mass is 9.86. The van der Waals surface area contributed by atoms with Crippen LogP contribution in [0.2, 0.25) is 0 Å². The van der Waals surface area contributed by atoms with Crippen molar-refractivity contribution in [2.24, 2.45) is 0 Å². The molecule has 2 heterocycles. The normalized spacial score (nSPS) is 21.4. The van der Waals surface area contributed by atoms with E-state index in [4.69, 9.17) is 9.26 Å². The van der Waals surface area contributed by atoms with Gasteiger partial charge in [0.05, 0.1) is 17.0 Å². The predicted molar refractivity (Wildman–Crippen MR) is 90.5 cm³/mol. The molecule has 6 nitrogen and oxygen atoms in total. The van der Waals surface area contributed by atoms with E-state index in [1.54, 1.807) is 56.3 Å². The van der Waals surface area contributed by atoms with Crippen molar-refractivity contribution in [1.82, 2.24) is 4.74 Å². The van der Waals surface area contributed by atoms with E-state index < -0.39 is 17.7 Å². The van der Waals surface area contributed by atoms with Crippen molar-refractivity contribution in [2.75, 3.05) is 0 Å². The smallest absolute Gasteiger partial charge is 0.291 e. The van der Waals surface area contributed by atoms with E-state index in [1.165, 1.54) is 4.74 Å². The minimum atomic E-state index is -1.03. The van der Waals surface area contributed by atoms with Gasteiger partial charge in [0.1, 0.15) is 23.5 Å². The Balaban J connectivity index is 2.00. The largest absolute Gasteiger partial charge is 0.485 e. The molecule has 1 aliphatic rings. The highest BCUT2D eigenvalue weighted by atomic mass is 16.5. The van der Waals surface area contributed by atoms with Gasteiger partial charge in [0.2, 0.25) is 0 Å². The second kappa shape index (κ2) is 5.23. The van der Waals surface area contributed by atoms with Crippen LogP contribution < -0.4 is 10.3 Å². The molecular formula is C19H16N2O4. The van der Waals surface area contributed by atoms with Crippen molar-refractivity contribution in [3.63, 3.8) is 0 Å². The quantitative estimate of drug-likeness (QED) is 0.738. The Labute approximate surface area is 143 Å². The zero-order chi connectivity index (χ0) is 17.8. The van der Waals surface area contributed by atoms with Gasteiger partial charge in [-0.1, -0.05) is 12.1 Å². The Kier molecular flexibility index (Phi) is 3.24. The van der Waals surface area contributed by atoms with Gasteiger partial charge in [-0.05, 0) is 44.2 Å². The average molecular weight is 336 g/mol. The van der Waals surface area contributed by atoms with Gasteiger partial charge < -0.3 is 14.4 Å². The number of hydrogen-bond acceptors (Lipinski definition) is 5. The summed E-state index contributed by atoms with van der Waals surface area (Å²) in [5.74, 6) is 0.520. The topological polar surface area (TPSA) is 88.4 Å². The van der Waals surface area contributed by atoms with Gasteiger partial charge in [0.25, 0.3) is 5.56 Å². The van der Waals surface area contributed by atoms with Crippen molar-refractivity contribution in [1.29, 1.82) is 5.26 Å². The zero-order valence-electron chi connectivity index (χ0n) is 13.8. The van der Waals surface area contributed by atoms with Crippen LogP contribution >= 0.6 is 0 Å². The number of hydrogen-bond donors (Lipinski definition) is 1. The van der Waals surface area contributed by atoms with Crippen molar-refractivity contribution >= 4 is 11.0 Å². The number of benzene rings is 2. The van der Waals surface area contributed by atoms with Gasteiger partial charge in [-0.3, -0.25) is 4.79 Å². The van der Waals surface area contributed by atoms with Crippen LogP contribution in [0.3, 0.4) is 0 Å². The van der Waals surface area contributed by atoms with Crippen LogP contribution in [0, 0.1) is 11.3 Å². The Morgan fingerprint density at radius 2 is 2.00 bits per heavy atom. The minimum absolute atomic E-state index is 0.328. The van der Waals surface area contributed by atoms with Gasteiger partial charge >= 0.3 is 0 Å². The molecule has 2 aromatic carbocycles. The second-order valence-corrected chi connectivity index (χ2v) is 6.68. The summed E-state index contributed by atoms with van der Waals surface area (Å²) in [4.78, 5) is 12.8. The number of aromatic nitrogens is 1. The fraction of sp³-hybridized carbons (Fsp3) is 0.263. The number of nitrogens with zero attached hydrogens (tertiary/aromatic N) is 2. The van der Waals surface area contributed by atoms with Crippen molar-refractivity contribution in [3.05, 3.63) is 63.9 Å². The molecule has 0 amide bonds. The SMILES string of the molecule is CC1(C)Oc2ccc(C#N)cc2[C@@H](n2oc3ccccc3c2=O)[C@@H]1O. The van der Waals surface area contributed by atoms with Crippen LogP contribution in [0.4, 0.5) is 0 Å².